The zero-order valence-electron chi connectivity index (χ0n) is 16.2. The van der Waals surface area contributed by atoms with E-state index in [4.69, 9.17) is 11.6 Å². The molecule has 1 aliphatic heterocycles. The van der Waals surface area contributed by atoms with Gasteiger partial charge in [0.1, 0.15) is 6.04 Å². The summed E-state index contributed by atoms with van der Waals surface area (Å²) in [6.07, 6.45) is 0. The predicted molar refractivity (Wildman–Crippen MR) is 112 cm³/mol. The number of piperazine rings is 1. The van der Waals surface area contributed by atoms with E-state index in [-0.39, 0.29) is 18.0 Å². The minimum absolute atomic E-state index is 0.0429. The lowest BCUT2D eigenvalue weighted by Crippen LogP contribution is -2.53. The molecule has 0 aliphatic carbocycles. The Morgan fingerprint density at radius 3 is 2.39 bits per heavy atom. The first-order valence-corrected chi connectivity index (χ1v) is 9.87. The number of carbonyl (C=O) groups excluding carboxylic acids is 1. The van der Waals surface area contributed by atoms with Crippen molar-refractivity contribution in [3.63, 3.8) is 0 Å². The topological polar surface area (TPSA) is 59.4 Å². The highest BCUT2D eigenvalue weighted by molar-refractivity contribution is 6.31. The van der Waals surface area contributed by atoms with Crippen molar-refractivity contribution in [2.75, 3.05) is 31.5 Å². The highest BCUT2D eigenvalue weighted by atomic mass is 35.5. The molecule has 5 nitrogen and oxygen atoms in total. The third-order valence-electron chi connectivity index (χ3n) is 5.34. The molecule has 1 saturated heterocycles. The van der Waals surface area contributed by atoms with E-state index < -0.39 is 0 Å². The normalized spacial score (nSPS) is 17.5. The van der Waals surface area contributed by atoms with Gasteiger partial charge in [0.2, 0.25) is 5.91 Å². The van der Waals surface area contributed by atoms with Crippen molar-refractivity contribution < 1.29 is 4.79 Å². The fourth-order valence-electron chi connectivity index (χ4n) is 3.52. The molecule has 0 spiro atoms. The van der Waals surface area contributed by atoms with E-state index >= 15 is 0 Å². The Morgan fingerprint density at radius 2 is 1.75 bits per heavy atom. The lowest BCUT2D eigenvalue weighted by atomic mass is 10.1. The van der Waals surface area contributed by atoms with Crippen molar-refractivity contribution >= 4 is 23.2 Å². The Hall–Kier alpha value is -2.39. The summed E-state index contributed by atoms with van der Waals surface area (Å²) in [7, 11) is 0. The third kappa shape index (κ3) is 4.71. The van der Waals surface area contributed by atoms with Crippen molar-refractivity contribution in [2.24, 2.45) is 0 Å². The van der Waals surface area contributed by atoms with Crippen LogP contribution in [0.4, 0.5) is 5.69 Å². The van der Waals surface area contributed by atoms with Gasteiger partial charge in [-0.05, 0) is 37.1 Å². The van der Waals surface area contributed by atoms with Crippen molar-refractivity contribution in [3.05, 3.63) is 64.7 Å². The maximum atomic E-state index is 12.7. The van der Waals surface area contributed by atoms with Gasteiger partial charge in [0.15, 0.2) is 0 Å². The molecule has 2 aromatic carbocycles. The zero-order valence-corrected chi connectivity index (χ0v) is 17.0. The number of benzene rings is 2. The van der Waals surface area contributed by atoms with Crippen LogP contribution in [0.1, 0.15) is 24.1 Å². The summed E-state index contributed by atoms with van der Waals surface area (Å²) in [5, 5.41) is 13.2. The third-order valence-corrected chi connectivity index (χ3v) is 5.57. The van der Waals surface area contributed by atoms with Crippen LogP contribution in [0.5, 0.6) is 0 Å². The van der Waals surface area contributed by atoms with Gasteiger partial charge < -0.3 is 5.32 Å². The molecule has 0 saturated carbocycles. The summed E-state index contributed by atoms with van der Waals surface area (Å²) in [5.74, 6) is -0.0429. The summed E-state index contributed by atoms with van der Waals surface area (Å²) in [6, 6.07) is 17.3. The first-order valence-electron chi connectivity index (χ1n) is 9.49. The number of carbonyl (C=O) groups is 1. The molecule has 0 aromatic heterocycles. The monoisotopic (exact) mass is 396 g/mol. The van der Waals surface area contributed by atoms with Crippen LogP contribution in [0.2, 0.25) is 5.02 Å². The number of hydrogen-bond donors (Lipinski definition) is 1. The van der Waals surface area contributed by atoms with Crippen molar-refractivity contribution in [1.29, 1.82) is 5.26 Å². The van der Waals surface area contributed by atoms with Crippen LogP contribution in [0, 0.1) is 18.3 Å². The first-order chi connectivity index (χ1) is 13.5. The first kappa shape index (κ1) is 20.3. The largest absolute Gasteiger partial charge is 0.324 e. The Bertz CT molecular complexity index is 857. The molecule has 0 radical (unpaired) electrons. The van der Waals surface area contributed by atoms with Gasteiger partial charge in [0.25, 0.3) is 0 Å². The number of amides is 1. The van der Waals surface area contributed by atoms with E-state index in [0.717, 1.165) is 43.0 Å². The molecule has 28 heavy (non-hydrogen) atoms. The molecule has 6 heteroatoms. The van der Waals surface area contributed by atoms with E-state index in [2.05, 4.69) is 21.2 Å². The second-order valence-electron chi connectivity index (χ2n) is 7.14. The van der Waals surface area contributed by atoms with Crippen LogP contribution in [0.3, 0.4) is 0 Å². The highest BCUT2D eigenvalue weighted by Crippen LogP contribution is 2.23. The molecule has 1 amide bonds. The SMILES string of the molecule is Cc1ccc(Cl)cc1NC(=O)C(C)N1CCN(C(C#N)c2ccccc2)CC1. The molecule has 1 aliphatic rings. The number of anilines is 1. The van der Waals surface area contributed by atoms with Crippen LogP contribution in [-0.2, 0) is 4.79 Å². The van der Waals surface area contributed by atoms with E-state index in [9.17, 15) is 10.1 Å². The number of hydrogen-bond acceptors (Lipinski definition) is 4. The Labute approximate surface area is 171 Å². The maximum absolute atomic E-state index is 12.7. The Kier molecular flexibility index (Phi) is 6.69. The molecule has 3 rings (SSSR count). The summed E-state index contributed by atoms with van der Waals surface area (Å²) in [4.78, 5) is 17.0. The molecular weight excluding hydrogens is 372 g/mol. The maximum Gasteiger partial charge on any atom is 0.241 e. The molecule has 1 N–H and O–H groups in total. The molecule has 146 valence electrons. The van der Waals surface area contributed by atoms with Crippen molar-refractivity contribution in [1.82, 2.24) is 9.80 Å². The van der Waals surface area contributed by atoms with Crippen molar-refractivity contribution in [3.8, 4) is 6.07 Å². The Balaban J connectivity index is 1.59. The quantitative estimate of drug-likeness (QED) is 0.833. The van der Waals surface area contributed by atoms with E-state index in [1.54, 1.807) is 6.07 Å². The van der Waals surface area contributed by atoms with Gasteiger partial charge >= 0.3 is 0 Å². The van der Waals surface area contributed by atoms with Gasteiger partial charge in [-0.1, -0.05) is 48.0 Å². The predicted octanol–water partition coefficient (Wildman–Crippen LogP) is 3.86. The second kappa shape index (κ2) is 9.20. The fourth-order valence-corrected chi connectivity index (χ4v) is 3.69. The van der Waals surface area contributed by atoms with Gasteiger partial charge in [0.05, 0.1) is 12.1 Å². The van der Waals surface area contributed by atoms with Crippen LogP contribution < -0.4 is 5.32 Å². The van der Waals surface area contributed by atoms with Gasteiger partial charge in [-0.3, -0.25) is 14.6 Å². The minimum Gasteiger partial charge on any atom is -0.324 e. The number of halogens is 1. The van der Waals surface area contributed by atoms with Crippen LogP contribution in [0.15, 0.2) is 48.5 Å². The average molecular weight is 397 g/mol. The summed E-state index contributed by atoms with van der Waals surface area (Å²) in [5.41, 5.74) is 2.74. The van der Waals surface area contributed by atoms with Gasteiger partial charge in [-0.15, -0.1) is 0 Å². The second-order valence-corrected chi connectivity index (χ2v) is 7.58. The molecule has 2 aromatic rings. The minimum atomic E-state index is -0.252. The number of nitrogens with zero attached hydrogens (tertiary/aromatic N) is 3. The molecule has 0 bridgehead atoms. The van der Waals surface area contributed by atoms with E-state index in [1.807, 2.05) is 56.3 Å². The zero-order chi connectivity index (χ0) is 20.1. The van der Waals surface area contributed by atoms with Gasteiger partial charge in [-0.25, -0.2) is 0 Å². The smallest absolute Gasteiger partial charge is 0.241 e. The van der Waals surface area contributed by atoms with Gasteiger partial charge in [-0.2, -0.15) is 5.26 Å². The van der Waals surface area contributed by atoms with Gasteiger partial charge in [0, 0.05) is 36.9 Å². The van der Waals surface area contributed by atoms with Crippen LogP contribution in [0.25, 0.3) is 0 Å². The van der Waals surface area contributed by atoms with E-state index in [0.29, 0.717) is 5.02 Å². The standard InChI is InChI=1S/C22H25ClN4O/c1-16-8-9-19(23)14-20(16)25-22(28)17(2)26-10-12-27(13-11-26)21(15-24)18-6-4-3-5-7-18/h3-9,14,17,21H,10-13H2,1-2H3,(H,25,28). The molecule has 2 unspecified atom stereocenters. The Morgan fingerprint density at radius 1 is 1.11 bits per heavy atom. The number of nitrogens with one attached hydrogen (secondary N) is 1. The molecule has 1 fully saturated rings. The van der Waals surface area contributed by atoms with Crippen LogP contribution >= 0.6 is 11.6 Å². The fraction of sp³-hybridized carbons (Fsp3) is 0.364. The number of aryl methyl sites for hydroxylation is 1. The number of rotatable bonds is 5. The molecule has 2 atom stereocenters. The average Bonchev–Trinajstić information content (AvgIpc) is 2.72. The van der Waals surface area contributed by atoms with Crippen LogP contribution in [-0.4, -0.2) is 47.9 Å². The molecule has 1 heterocycles. The summed E-state index contributed by atoms with van der Waals surface area (Å²) in [6.45, 7) is 6.86. The molecular formula is C22H25ClN4O. The van der Waals surface area contributed by atoms with Crippen molar-refractivity contribution in [2.45, 2.75) is 25.9 Å². The number of nitriles is 1. The van der Waals surface area contributed by atoms with E-state index in [1.165, 1.54) is 0 Å². The lowest BCUT2D eigenvalue weighted by Gasteiger charge is -2.39. The summed E-state index contributed by atoms with van der Waals surface area (Å²) < 4.78 is 0. The summed E-state index contributed by atoms with van der Waals surface area (Å²) >= 11 is 6.04. The lowest BCUT2D eigenvalue weighted by molar-refractivity contribution is -0.121. The highest BCUT2D eigenvalue weighted by Gasteiger charge is 2.29.